The van der Waals surface area contributed by atoms with E-state index in [1.165, 1.54) is 0 Å². The minimum absolute atomic E-state index is 0.173. The lowest BCUT2D eigenvalue weighted by Crippen LogP contribution is -1.98. The zero-order valence-electron chi connectivity index (χ0n) is 11.0. The number of aromatic nitrogens is 2. The van der Waals surface area contributed by atoms with Gasteiger partial charge in [-0.25, -0.2) is 9.97 Å². The molecule has 104 valence electrons. The first-order chi connectivity index (χ1) is 9.54. The molecule has 1 aromatic carbocycles. The summed E-state index contributed by atoms with van der Waals surface area (Å²) < 4.78 is 10.6. The van der Waals surface area contributed by atoms with Crippen LogP contribution in [0, 0.1) is 0 Å². The Morgan fingerprint density at radius 1 is 1.10 bits per heavy atom. The fraction of sp³-hybridized carbons (Fsp3) is 0.286. The van der Waals surface area contributed by atoms with E-state index in [1.807, 2.05) is 6.07 Å². The molecule has 0 saturated carbocycles. The Labute approximate surface area is 126 Å². The molecule has 1 aliphatic heterocycles. The minimum Gasteiger partial charge on any atom is -0.454 e. The average Bonchev–Trinajstić information content (AvgIpc) is 2.86. The van der Waals surface area contributed by atoms with Crippen LogP contribution in [0.5, 0.6) is 11.5 Å². The molecule has 0 atom stereocenters. The van der Waals surface area contributed by atoms with E-state index in [1.54, 1.807) is 12.1 Å². The zero-order valence-corrected chi connectivity index (χ0v) is 12.5. The lowest BCUT2D eigenvalue weighted by atomic mass is 10.1. The predicted octanol–water partition coefficient (Wildman–Crippen LogP) is 4.30. The van der Waals surface area contributed by atoms with Crippen LogP contribution in [0.25, 0.3) is 11.4 Å². The van der Waals surface area contributed by atoms with Crippen molar-refractivity contribution >= 4 is 23.2 Å². The van der Waals surface area contributed by atoms with Crippen LogP contribution in [0.1, 0.15) is 25.5 Å². The first-order valence-corrected chi connectivity index (χ1v) is 6.94. The number of hydrogen-bond donors (Lipinski definition) is 0. The van der Waals surface area contributed by atoms with Gasteiger partial charge in [-0.05, 0) is 24.1 Å². The number of rotatable bonds is 2. The molecule has 3 rings (SSSR count). The first kappa shape index (κ1) is 13.5. The third-order valence-electron chi connectivity index (χ3n) is 2.99. The van der Waals surface area contributed by atoms with Crippen LogP contribution in [0.4, 0.5) is 0 Å². The molecule has 0 aliphatic carbocycles. The van der Waals surface area contributed by atoms with Crippen LogP contribution in [0.15, 0.2) is 18.2 Å². The Balaban J connectivity index is 2.12. The van der Waals surface area contributed by atoms with E-state index in [2.05, 4.69) is 23.8 Å². The number of nitrogens with zero attached hydrogens (tertiary/aromatic N) is 2. The SMILES string of the molecule is CC(C)c1cc(Cl)nc(-c2cc(Cl)c3c(c2)OCO3)n1. The van der Waals surface area contributed by atoms with Gasteiger partial charge in [0.25, 0.3) is 0 Å². The number of fused-ring (bicyclic) bond motifs is 1. The third kappa shape index (κ3) is 2.41. The molecule has 0 saturated heterocycles. The van der Waals surface area contributed by atoms with Gasteiger partial charge in [0.05, 0.1) is 5.02 Å². The second kappa shape index (κ2) is 5.11. The van der Waals surface area contributed by atoms with Crippen LogP contribution in [-0.2, 0) is 0 Å². The summed E-state index contributed by atoms with van der Waals surface area (Å²) in [6.45, 7) is 4.27. The average molecular weight is 311 g/mol. The molecular formula is C14H12Cl2N2O2. The van der Waals surface area contributed by atoms with Gasteiger partial charge in [-0.3, -0.25) is 0 Å². The van der Waals surface area contributed by atoms with Crippen molar-refractivity contribution in [3.63, 3.8) is 0 Å². The highest BCUT2D eigenvalue weighted by molar-refractivity contribution is 6.32. The van der Waals surface area contributed by atoms with Gasteiger partial charge in [-0.1, -0.05) is 37.0 Å². The quantitative estimate of drug-likeness (QED) is 0.776. The van der Waals surface area contributed by atoms with Gasteiger partial charge >= 0.3 is 0 Å². The van der Waals surface area contributed by atoms with E-state index in [-0.39, 0.29) is 12.7 Å². The Morgan fingerprint density at radius 2 is 1.90 bits per heavy atom. The second-order valence-electron chi connectivity index (χ2n) is 4.79. The van der Waals surface area contributed by atoms with Crippen LogP contribution < -0.4 is 9.47 Å². The minimum atomic E-state index is 0.173. The molecule has 1 aromatic heterocycles. The van der Waals surface area contributed by atoms with Crippen LogP contribution in [0.2, 0.25) is 10.2 Å². The van der Waals surface area contributed by atoms with Crippen molar-refractivity contribution in [2.75, 3.05) is 6.79 Å². The van der Waals surface area contributed by atoms with Crippen molar-refractivity contribution in [3.05, 3.63) is 34.1 Å². The molecule has 20 heavy (non-hydrogen) atoms. The van der Waals surface area contributed by atoms with E-state index in [0.717, 1.165) is 11.3 Å². The van der Waals surface area contributed by atoms with Gasteiger partial charge in [0.1, 0.15) is 5.15 Å². The van der Waals surface area contributed by atoms with Gasteiger partial charge in [-0.15, -0.1) is 0 Å². The molecule has 0 unspecified atom stereocenters. The lowest BCUT2D eigenvalue weighted by Gasteiger charge is -2.09. The molecule has 0 N–H and O–H groups in total. The van der Waals surface area contributed by atoms with E-state index in [4.69, 9.17) is 32.7 Å². The van der Waals surface area contributed by atoms with Gasteiger partial charge in [0, 0.05) is 11.3 Å². The standard InChI is InChI=1S/C14H12Cl2N2O2/c1-7(2)10-5-12(16)18-14(17-10)8-3-9(15)13-11(4-8)19-6-20-13/h3-5,7H,6H2,1-2H3. The maximum absolute atomic E-state index is 6.17. The molecule has 0 bridgehead atoms. The summed E-state index contributed by atoms with van der Waals surface area (Å²) in [7, 11) is 0. The highest BCUT2D eigenvalue weighted by atomic mass is 35.5. The smallest absolute Gasteiger partial charge is 0.231 e. The van der Waals surface area contributed by atoms with E-state index in [0.29, 0.717) is 27.5 Å². The fourth-order valence-corrected chi connectivity index (χ4v) is 2.41. The number of ether oxygens (including phenoxy) is 2. The molecule has 2 aromatic rings. The van der Waals surface area contributed by atoms with Gasteiger partial charge < -0.3 is 9.47 Å². The van der Waals surface area contributed by atoms with Crippen molar-refractivity contribution in [1.82, 2.24) is 9.97 Å². The molecule has 6 heteroatoms. The highest BCUT2D eigenvalue weighted by Crippen LogP contribution is 2.41. The zero-order chi connectivity index (χ0) is 14.3. The maximum Gasteiger partial charge on any atom is 0.231 e. The Bertz CT molecular complexity index is 674. The van der Waals surface area contributed by atoms with Crippen molar-refractivity contribution in [2.24, 2.45) is 0 Å². The van der Waals surface area contributed by atoms with Crippen molar-refractivity contribution in [2.45, 2.75) is 19.8 Å². The summed E-state index contributed by atoms with van der Waals surface area (Å²) in [5.74, 6) is 1.95. The van der Waals surface area contributed by atoms with E-state index < -0.39 is 0 Å². The first-order valence-electron chi connectivity index (χ1n) is 6.18. The number of halogens is 2. The summed E-state index contributed by atoms with van der Waals surface area (Å²) in [4.78, 5) is 8.77. The van der Waals surface area contributed by atoms with Gasteiger partial charge in [0.2, 0.25) is 6.79 Å². The topological polar surface area (TPSA) is 44.2 Å². The van der Waals surface area contributed by atoms with Crippen LogP contribution in [0.3, 0.4) is 0 Å². The molecule has 1 aliphatic rings. The molecular weight excluding hydrogens is 299 g/mol. The maximum atomic E-state index is 6.17. The van der Waals surface area contributed by atoms with Gasteiger partial charge in [0.15, 0.2) is 17.3 Å². The number of benzene rings is 1. The predicted molar refractivity (Wildman–Crippen MR) is 77.7 cm³/mol. The molecule has 4 nitrogen and oxygen atoms in total. The van der Waals surface area contributed by atoms with E-state index >= 15 is 0 Å². The van der Waals surface area contributed by atoms with Gasteiger partial charge in [-0.2, -0.15) is 0 Å². The third-order valence-corrected chi connectivity index (χ3v) is 3.47. The monoisotopic (exact) mass is 310 g/mol. The van der Waals surface area contributed by atoms with Crippen molar-refractivity contribution in [3.8, 4) is 22.9 Å². The van der Waals surface area contributed by atoms with E-state index in [9.17, 15) is 0 Å². The highest BCUT2D eigenvalue weighted by Gasteiger charge is 2.20. The van der Waals surface area contributed by atoms with Crippen LogP contribution >= 0.6 is 23.2 Å². The normalized spacial score (nSPS) is 13.1. The molecule has 0 fully saturated rings. The molecule has 0 amide bonds. The lowest BCUT2D eigenvalue weighted by molar-refractivity contribution is 0.174. The van der Waals surface area contributed by atoms with Crippen LogP contribution in [-0.4, -0.2) is 16.8 Å². The Kier molecular flexibility index (Phi) is 3.44. The summed E-state index contributed by atoms with van der Waals surface area (Å²) in [6.07, 6.45) is 0. The summed E-state index contributed by atoms with van der Waals surface area (Å²) in [6, 6.07) is 5.33. The fourth-order valence-electron chi connectivity index (χ4n) is 1.96. The summed E-state index contributed by atoms with van der Waals surface area (Å²) >= 11 is 12.2. The summed E-state index contributed by atoms with van der Waals surface area (Å²) in [5, 5.41) is 0.886. The molecule has 2 heterocycles. The second-order valence-corrected chi connectivity index (χ2v) is 5.58. The molecule has 0 spiro atoms. The van der Waals surface area contributed by atoms with Crippen molar-refractivity contribution < 1.29 is 9.47 Å². The summed E-state index contributed by atoms with van der Waals surface area (Å²) in [5.41, 5.74) is 1.64. The number of hydrogen-bond acceptors (Lipinski definition) is 4. The molecule has 0 radical (unpaired) electrons. The Hall–Kier alpha value is -1.52. The Morgan fingerprint density at radius 3 is 2.65 bits per heavy atom. The van der Waals surface area contributed by atoms with Crippen molar-refractivity contribution in [1.29, 1.82) is 0 Å². The largest absolute Gasteiger partial charge is 0.454 e.